The van der Waals surface area contributed by atoms with Crippen LogP contribution in [-0.2, 0) is 11.2 Å². The Morgan fingerprint density at radius 1 is 1.44 bits per heavy atom. The SMILES string of the molecule is COc1c(F)cc(C(F)F)cc1CC(C)C(=O)O. The van der Waals surface area contributed by atoms with Crippen LogP contribution >= 0.6 is 0 Å². The normalized spacial score (nSPS) is 12.6. The lowest BCUT2D eigenvalue weighted by atomic mass is 9.98. The predicted octanol–water partition coefficient (Wildman–Crippen LogP) is 3.04. The van der Waals surface area contributed by atoms with Crippen molar-refractivity contribution in [3.05, 3.63) is 29.1 Å². The van der Waals surface area contributed by atoms with E-state index in [1.807, 2.05) is 0 Å². The molecule has 0 aromatic heterocycles. The molecule has 1 rings (SSSR count). The number of methoxy groups -OCH3 is 1. The molecule has 18 heavy (non-hydrogen) atoms. The molecule has 3 nitrogen and oxygen atoms in total. The summed E-state index contributed by atoms with van der Waals surface area (Å²) in [6.45, 7) is 1.41. The molecule has 1 aromatic carbocycles. The molecule has 0 saturated carbocycles. The van der Waals surface area contributed by atoms with E-state index in [0.29, 0.717) is 6.07 Å². The van der Waals surface area contributed by atoms with Crippen LogP contribution in [0.2, 0.25) is 0 Å². The van der Waals surface area contributed by atoms with Crippen LogP contribution in [0.4, 0.5) is 13.2 Å². The van der Waals surface area contributed by atoms with E-state index in [9.17, 15) is 18.0 Å². The number of aliphatic carboxylic acids is 1. The van der Waals surface area contributed by atoms with Crippen LogP contribution in [0, 0.1) is 11.7 Å². The molecule has 1 atom stereocenters. The summed E-state index contributed by atoms with van der Waals surface area (Å²) in [5.41, 5.74) is -0.358. The third-order valence-electron chi connectivity index (χ3n) is 2.55. The van der Waals surface area contributed by atoms with Crippen molar-refractivity contribution in [2.75, 3.05) is 7.11 Å². The van der Waals surface area contributed by atoms with Crippen molar-refractivity contribution in [3.8, 4) is 5.75 Å². The van der Waals surface area contributed by atoms with Gasteiger partial charge in [0, 0.05) is 5.56 Å². The van der Waals surface area contributed by atoms with Crippen molar-refractivity contribution in [2.45, 2.75) is 19.8 Å². The number of halogens is 3. The Balaban J connectivity index is 3.17. The van der Waals surface area contributed by atoms with Gasteiger partial charge in [0.1, 0.15) is 0 Å². The number of carboxylic acid groups (broad SMARTS) is 1. The molecule has 0 aliphatic carbocycles. The van der Waals surface area contributed by atoms with Gasteiger partial charge in [0.25, 0.3) is 6.43 Å². The van der Waals surface area contributed by atoms with Crippen LogP contribution < -0.4 is 4.74 Å². The van der Waals surface area contributed by atoms with Crippen LogP contribution in [0.5, 0.6) is 5.75 Å². The number of hydrogen-bond acceptors (Lipinski definition) is 2. The molecular weight excluding hydrogens is 249 g/mol. The van der Waals surface area contributed by atoms with Crippen molar-refractivity contribution < 1.29 is 27.8 Å². The van der Waals surface area contributed by atoms with E-state index in [1.54, 1.807) is 0 Å². The Morgan fingerprint density at radius 3 is 2.50 bits per heavy atom. The van der Waals surface area contributed by atoms with Gasteiger partial charge in [0.05, 0.1) is 13.0 Å². The number of carboxylic acids is 1. The third kappa shape index (κ3) is 3.15. The average molecular weight is 262 g/mol. The minimum absolute atomic E-state index is 0.0734. The molecule has 0 amide bonds. The maximum atomic E-state index is 13.5. The van der Waals surface area contributed by atoms with Crippen LogP contribution in [0.25, 0.3) is 0 Å². The first-order valence-corrected chi connectivity index (χ1v) is 5.24. The van der Waals surface area contributed by atoms with Gasteiger partial charge < -0.3 is 9.84 Å². The van der Waals surface area contributed by atoms with E-state index in [1.165, 1.54) is 14.0 Å². The number of carbonyl (C=O) groups is 1. The van der Waals surface area contributed by atoms with Crippen LogP contribution in [0.3, 0.4) is 0 Å². The van der Waals surface area contributed by atoms with E-state index in [0.717, 1.165) is 6.07 Å². The van der Waals surface area contributed by atoms with E-state index < -0.39 is 29.7 Å². The van der Waals surface area contributed by atoms with Crippen molar-refractivity contribution in [3.63, 3.8) is 0 Å². The Hall–Kier alpha value is -1.72. The van der Waals surface area contributed by atoms with Crippen LogP contribution in [0.1, 0.15) is 24.5 Å². The lowest BCUT2D eigenvalue weighted by molar-refractivity contribution is -0.141. The highest BCUT2D eigenvalue weighted by Gasteiger charge is 2.20. The topological polar surface area (TPSA) is 46.5 Å². The van der Waals surface area contributed by atoms with Crippen LogP contribution in [0.15, 0.2) is 12.1 Å². The molecule has 0 aliphatic rings. The molecule has 1 N–H and O–H groups in total. The highest BCUT2D eigenvalue weighted by atomic mass is 19.3. The first-order valence-electron chi connectivity index (χ1n) is 5.24. The quantitative estimate of drug-likeness (QED) is 0.887. The molecule has 100 valence electrons. The van der Waals surface area contributed by atoms with Gasteiger partial charge in [-0.3, -0.25) is 4.79 Å². The van der Waals surface area contributed by atoms with Gasteiger partial charge in [0.2, 0.25) is 0 Å². The average Bonchev–Trinajstić information content (AvgIpc) is 2.28. The largest absolute Gasteiger partial charge is 0.493 e. The summed E-state index contributed by atoms with van der Waals surface area (Å²) in [6.07, 6.45) is -2.89. The number of hydrogen-bond donors (Lipinski definition) is 1. The first kappa shape index (κ1) is 14.3. The molecule has 0 radical (unpaired) electrons. The molecular formula is C12H13F3O3. The minimum atomic E-state index is -2.82. The van der Waals surface area contributed by atoms with Crippen LogP contribution in [-0.4, -0.2) is 18.2 Å². The second-order valence-corrected chi connectivity index (χ2v) is 3.94. The number of ether oxygens (including phenoxy) is 1. The molecule has 0 heterocycles. The van der Waals surface area contributed by atoms with E-state index in [-0.39, 0.29) is 17.7 Å². The van der Waals surface area contributed by atoms with Gasteiger partial charge in [-0.2, -0.15) is 0 Å². The van der Waals surface area contributed by atoms with Crippen molar-refractivity contribution in [1.29, 1.82) is 0 Å². The second-order valence-electron chi connectivity index (χ2n) is 3.94. The first-order chi connectivity index (χ1) is 8.36. The second kappa shape index (κ2) is 5.75. The summed E-state index contributed by atoms with van der Waals surface area (Å²) in [6, 6.07) is 1.77. The van der Waals surface area contributed by atoms with Gasteiger partial charge >= 0.3 is 5.97 Å². The lowest BCUT2D eigenvalue weighted by Gasteiger charge is -2.13. The van der Waals surface area contributed by atoms with Crippen molar-refractivity contribution >= 4 is 5.97 Å². The Bertz CT molecular complexity index is 446. The smallest absolute Gasteiger partial charge is 0.306 e. The molecule has 0 saturated heterocycles. The zero-order valence-corrected chi connectivity index (χ0v) is 9.91. The monoisotopic (exact) mass is 262 g/mol. The van der Waals surface area contributed by atoms with Gasteiger partial charge in [-0.1, -0.05) is 6.92 Å². The molecule has 0 aliphatic heterocycles. The summed E-state index contributed by atoms with van der Waals surface area (Å²) < 4.78 is 43.4. The predicted molar refractivity (Wildman–Crippen MR) is 58.4 cm³/mol. The minimum Gasteiger partial charge on any atom is -0.493 e. The van der Waals surface area contributed by atoms with E-state index in [4.69, 9.17) is 9.84 Å². The Kier molecular flexibility index (Phi) is 4.58. The summed E-state index contributed by atoms with van der Waals surface area (Å²) >= 11 is 0. The van der Waals surface area contributed by atoms with Crippen molar-refractivity contribution in [2.24, 2.45) is 5.92 Å². The van der Waals surface area contributed by atoms with Gasteiger partial charge in [-0.15, -0.1) is 0 Å². The van der Waals surface area contributed by atoms with E-state index in [2.05, 4.69) is 0 Å². The zero-order valence-electron chi connectivity index (χ0n) is 9.91. The van der Waals surface area contributed by atoms with Gasteiger partial charge in [-0.25, -0.2) is 13.2 Å². The number of rotatable bonds is 5. The Morgan fingerprint density at radius 2 is 2.06 bits per heavy atom. The maximum Gasteiger partial charge on any atom is 0.306 e. The Labute approximate surface area is 102 Å². The fourth-order valence-corrected chi connectivity index (χ4v) is 1.60. The highest BCUT2D eigenvalue weighted by molar-refractivity contribution is 5.70. The summed E-state index contributed by atoms with van der Waals surface area (Å²) in [5, 5.41) is 8.77. The van der Waals surface area contributed by atoms with E-state index >= 15 is 0 Å². The fraction of sp³-hybridized carbons (Fsp3) is 0.417. The molecule has 1 aromatic rings. The van der Waals surface area contributed by atoms with Gasteiger partial charge in [-0.05, 0) is 24.1 Å². The summed E-state index contributed by atoms with van der Waals surface area (Å²) in [5.74, 6) is -3.00. The molecule has 0 spiro atoms. The number of alkyl halides is 2. The zero-order chi connectivity index (χ0) is 13.9. The highest BCUT2D eigenvalue weighted by Crippen LogP contribution is 2.30. The maximum absolute atomic E-state index is 13.5. The summed E-state index contributed by atoms with van der Waals surface area (Å²) in [4.78, 5) is 10.7. The third-order valence-corrected chi connectivity index (χ3v) is 2.55. The molecule has 0 bridgehead atoms. The molecule has 6 heteroatoms. The lowest BCUT2D eigenvalue weighted by Crippen LogP contribution is -2.13. The van der Waals surface area contributed by atoms with Gasteiger partial charge in [0.15, 0.2) is 11.6 Å². The number of benzene rings is 1. The van der Waals surface area contributed by atoms with Crippen molar-refractivity contribution in [1.82, 2.24) is 0 Å². The standard InChI is InChI=1S/C12H13F3O3/c1-6(12(16)17)3-7-4-8(11(14)15)5-9(13)10(7)18-2/h4-6,11H,3H2,1-2H3,(H,16,17). The molecule has 1 unspecified atom stereocenters. The molecule has 0 fully saturated rings. The summed E-state index contributed by atoms with van der Waals surface area (Å²) in [7, 11) is 1.20. The fourth-order valence-electron chi connectivity index (χ4n) is 1.60.